The molecule has 1 amide bonds. The fourth-order valence-corrected chi connectivity index (χ4v) is 1.28. The summed E-state index contributed by atoms with van der Waals surface area (Å²) in [7, 11) is -4.04. The van der Waals surface area contributed by atoms with Crippen LogP contribution in [-0.2, 0) is 10.0 Å². The van der Waals surface area contributed by atoms with E-state index in [0.29, 0.717) is 13.1 Å². The minimum Gasteiger partial charge on any atom is -1.00 e. The summed E-state index contributed by atoms with van der Waals surface area (Å²) in [4.78, 5) is 12.0. The Hall–Kier alpha value is 0.380. The average molecular weight is 204 g/mol. The van der Waals surface area contributed by atoms with Crippen LogP contribution in [-0.4, -0.2) is 31.6 Å². The van der Waals surface area contributed by atoms with Gasteiger partial charge in [0.05, 0.1) is 0 Å². The molecule has 0 heterocycles. The fraction of sp³-hybridized carbons (Fsp3) is 0.800. The number of rotatable bonds is 2. The van der Waals surface area contributed by atoms with Gasteiger partial charge in [-0.1, -0.05) is 0 Å². The first-order valence-electron chi connectivity index (χ1n) is 3.25. The Morgan fingerprint density at radius 1 is 1.42 bits per heavy atom. The molecule has 5 nitrogen and oxygen atoms in total. The van der Waals surface area contributed by atoms with Crippen molar-refractivity contribution in [2.24, 2.45) is 5.14 Å². The molecule has 0 aromatic carbocycles. The second-order valence-electron chi connectivity index (χ2n) is 1.98. The molecule has 0 atom stereocenters. The van der Waals surface area contributed by atoms with E-state index in [4.69, 9.17) is 0 Å². The van der Waals surface area contributed by atoms with Gasteiger partial charge in [0.25, 0.3) is 10.0 Å². The number of sulfonamides is 1. The van der Waals surface area contributed by atoms with Crippen LogP contribution in [0.25, 0.3) is 0 Å². The molecule has 0 saturated heterocycles. The third kappa shape index (κ3) is 4.42. The quantitative estimate of drug-likeness (QED) is 0.482. The monoisotopic (exact) mass is 204 g/mol. The number of hydrogen-bond acceptors (Lipinski definition) is 3. The van der Waals surface area contributed by atoms with E-state index in [1.807, 2.05) is 0 Å². The first-order chi connectivity index (χ1) is 4.93. The van der Waals surface area contributed by atoms with E-state index >= 15 is 0 Å². The first-order valence-corrected chi connectivity index (χ1v) is 4.79. The van der Waals surface area contributed by atoms with Crippen molar-refractivity contribution in [2.75, 3.05) is 13.1 Å². The van der Waals surface area contributed by atoms with Crippen molar-refractivity contribution in [1.29, 1.82) is 0 Å². The Kier molecular flexibility index (Phi) is 7.35. The zero-order chi connectivity index (χ0) is 9.07. The molecular weight excluding hydrogens is 191 g/mol. The second-order valence-corrected chi connectivity index (χ2v) is 3.42. The summed E-state index contributed by atoms with van der Waals surface area (Å²) in [6, 6.07) is 0. The predicted octanol–water partition coefficient (Wildman–Crippen LogP) is -3.15. The molecule has 68 valence electrons. The van der Waals surface area contributed by atoms with Crippen molar-refractivity contribution < 1.29 is 44.2 Å². The molecule has 0 aliphatic heterocycles. The summed E-state index contributed by atoms with van der Waals surface area (Å²) in [5, 5.41) is 3.60. The molecule has 7 heteroatoms. The molecule has 0 fully saturated rings. The second kappa shape index (κ2) is 5.93. The number of carbonyl (C=O) groups is 1. The molecule has 0 unspecified atom stereocenters. The van der Waals surface area contributed by atoms with Crippen LogP contribution in [0, 0.1) is 0 Å². The van der Waals surface area contributed by atoms with Crippen molar-refractivity contribution in [3.63, 3.8) is 0 Å². The molecule has 2 N–H and O–H groups in total. The zero-order valence-electron chi connectivity index (χ0n) is 8.57. The Bertz CT molecular complexity index is 240. The summed E-state index contributed by atoms with van der Waals surface area (Å²) >= 11 is 0. The molecule has 0 aliphatic rings. The maximum absolute atomic E-state index is 10.8. The van der Waals surface area contributed by atoms with Gasteiger partial charge in [-0.3, -0.25) is 4.79 Å². The first kappa shape index (κ1) is 14.9. The molecular formula is C5H13N2NaO3S. The normalized spacial score (nSPS) is 10.2. The Balaban J connectivity index is -0.000000500. The smallest absolute Gasteiger partial charge is 1.00 e. The van der Waals surface area contributed by atoms with Crippen LogP contribution in [0.2, 0.25) is 0 Å². The molecule has 0 radical (unpaired) electrons. The fourth-order valence-electron chi connectivity index (χ4n) is 0.662. The SMILES string of the molecule is CCN(CC)C(=O)S(N)(=O)=O.[H-].[Na+]. The van der Waals surface area contributed by atoms with Gasteiger partial charge in [0.1, 0.15) is 0 Å². The minimum atomic E-state index is -4.04. The number of hydrogen-bond donors (Lipinski definition) is 1. The van der Waals surface area contributed by atoms with Crippen molar-refractivity contribution in [2.45, 2.75) is 13.8 Å². The topological polar surface area (TPSA) is 80.5 Å². The van der Waals surface area contributed by atoms with Crippen LogP contribution in [0.15, 0.2) is 0 Å². The third-order valence-electron chi connectivity index (χ3n) is 1.27. The maximum Gasteiger partial charge on any atom is 1.00 e. The summed E-state index contributed by atoms with van der Waals surface area (Å²) in [6.07, 6.45) is 0. The van der Waals surface area contributed by atoms with Crippen molar-refractivity contribution >= 4 is 15.3 Å². The Morgan fingerprint density at radius 2 is 1.75 bits per heavy atom. The molecule has 0 aromatic heterocycles. The van der Waals surface area contributed by atoms with Crippen molar-refractivity contribution in [1.82, 2.24) is 4.90 Å². The van der Waals surface area contributed by atoms with Crippen molar-refractivity contribution in [3.05, 3.63) is 0 Å². The van der Waals surface area contributed by atoms with Gasteiger partial charge in [0.15, 0.2) is 0 Å². The van der Waals surface area contributed by atoms with E-state index in [2.05, 4.69) is 5.14 Å². The third-order valence-corrected chi connectivity index (χ3v) is 2.01. The van der Waals surface area contributed by atoms with E-state index in [-0.39, 0.29) is 31.0 Å². The van der Waals surface area contributed by atoms with E-state index in [1.54, 1.807) is 13.8 Å². The largest absolute Gasteiger partial charge is 1.00 e. The maximum atomic E-state index is 10.8. The summed E-state index contributed by atoms with van der Waals surface area (Å²) in [5.74, 6) is 0. The molecule has 0 aromatic rings. The van der Waals surface area contributed by atoms with Crippen LogP contribution >= 0.6 is 0 Å². The Morgan fingerprint density at radius 3 is 1.83 bits per heavy atom. The minimum absolute atomic E-state index is 0. The molecule has 0 saturated carbocycles. The van der Waals surface area contributed by atoms with E-state index in [0.717, 1.165) is 4.90 Å². The number of nitrogens with zero attached hydrogens (tertiary/aromatic N) is 1. The number of carbonyl (C=O) groups excluding carboxylic acids is 1. The molecule has 0 spiro atoms. The van der Waals surface area contributed by atoms with Gasteiger partial charge in [-0.25, -0.2) is 13.6 Å². The zero-order valence-corrected chi connectivity index (χ0v) is 10.4. The number of nitrogens with two attached hydrogens (primary N) is 1. The van der Waals surface area contributed by atoms with Gasteiger partial charge < -0.3 is 6.33 Å². The van der Waals surface area contributed by atoms with Crippen LogP contribution in [0.4, 0.5) is 4.79 Å². The van der Waals surface area contributed by atoms with E-state index < -0.39 is 15.3 Å². The molecule has 0 rings (SSSR count). The Labute approximate surface area is 96.1 Å². The van der Waals surface area contributed by atoms with Gasteiger partial charge in [-0.05, 0) is 13.8 Å². The van der Waals surface area contributed by atoms with Gasteiger partial charge >= 0.3 is 34.8 Å². The molecule has 0 bridgehead atoms. The van der Waals surface area contributed by atoms with Gasteiger partial charge in [-0.15, -0.1) is 0 Å². The average Bonchev–Trinajstić information content (AvgIpc) is 1.88. The van der Waals surface area contributed by atoms with Crippen LogP contribution in [0.5, 0.6) is 0 Å². The molecule has 0 aliphatic carbocycles. The van der Waals surface area contributed by atoms with Gasteiger partial charge in [0, 0.05) is 13.1 Å². The van der Waals surface area contributed by atoms with Crippen molar-refractivity contribution in [3.8, 4) is 0 Å². The van der Waals surface area contributed by atoms with Crippen LogP contribution in [0.3, 0.4) is 0 Å². The summed E-state index contributed by atoms with van der Waals surface area (Å²) < 4.78 is 21.0. The van der Waals surface area contributed by atoms with Gasteiger partial charge in [-0.2, -0.15) is 0 Å². The summed E-state index contributed by atoms with van der Waals surface area (Å²) in [6.45, 7) is 4.08. The summed E-state index contributed by atoms with van der Waals surface area (Å²) in [5.41, 5.74) is 0. The van der Waals surface area contributed by atoms with Crippen LogP contribution < -0.4 is 34.7 Å². The standard InChI is InChI=1S/C5H12N2O3S.Na.H/c1-3-7(4-2)5(8)11(6,9)10;;/h3-4H2,1-2H3,(H2,6,9,10);;/q;+1;-1. The number of primary sulfonamides is 1. The van der Waals surface area contributed by atoms with E-state index in [1.165, 1.54) is 0 Å². The predicted molar refractivity (Wildman–Crippen MR) is 42.5 cm³/mol. The van der Waals surface area contributed by atoms with Crippen LogP contribution in [0.1, 0.15) is 15.3 Å². The van der Waals surface area contributed by atoms with Gasteiger partial charge in [0.2, 0.25) is 0 Å². The number of amides is 1. The molecule has 12 heavy (non-hydrogen) atoms. The van der Waals surface area contributed by atoms with E-state index in [9.17, 15) is 13.2 Å².